The van der Waals surface area contributed by atoms with E-state index in [9.17, 15) is 4.79 Å². The number of allylic oxidation sites excluding steroid dienone is 2. The molecule has 0 saturated heterocycles. The van der Waals surface area contributed by atoms with E-state index < -0.39 is 0 Å². The summed E-state index contributed by atoms with van der Waals surface area (Å²) in [4.78, 5) is 13.8. The average Bonchev–Trinajstić information content (AvgIpc) is 2.41. The summed E-state index contributed by atoms with van der Waals surface area (Å²) < 4.78 is 4.17. The number of ether oxygens (including phenoxy) is 1. The zero-order valence-corrected chi connectivity index (χ0v) is 11.2. The van der Waals surface area contributed by atoms with E-state index >= 15 is 0 Å². The van der Waals surface area contributed by atoms with E-state index in [0.717, 1.165) is 12.0 Å². The van der Waals surface area contributed by atoms with Gasteiger partial charge in [-0.3, -0.25) is 9.78 Å². The molecule has 0 saturated carbocycles. The normalized spacial score (nSPS) is 7.84. The first kappa shape index (κ1) is 18.7. The van der Waals surface area contributed by atoms with E-state index in [4.69, 9.17) is 5.26 Å². The molecule has 0 spiro atoms. The number of pyridine rings is 1. The Hall–Kier alpha value is -2.67. The van der Waals surface area contributed by atoms with E-state index in [1.807, 2.05) is 37.3 Å². The van der Waals surface area contributed by atoms with Gasteiger partial charge in [0.05, 0.1) is 18.0 Å². The fourth-order valence-electron chi connectivity index (χ4n) is 0.763. The van der Waals surface area contributed by atoms with Crippen LogP contribution in [-0.2, 0) is 9.53 Å². The van der Waals surface area contributed by atoms with Crippen molar-refractivity contribution in [2.45, 2.75) is 13.8 Å². The van der Waals surface area contributed by atoms with E-state index in [-0.39, 0.29) is 5.97 Å². The first-order valence-corrected chi connectivity index (χ1v) is 5.44. The van der Waals surface area contributed by atoms with Gasteiger partial charge in [-0.05, 0) is 25.1 Å². The molecule has 100 valence electrons. The molecule has 0 N–H and O–H groups in total. The van der Waals surface area contributed by atoms with Crippen molar-refractivity contribution in [3.05, 3.63) is 61.7 Å². The molecule has 0 unspecified atom stereocenters. The lowest BCUT2D eigenvalue weighted by atomic mass is 10.3. The number of carbonyl (C=O) groups excluding carboxylic acids is 1. The molecular formula is C15H18N2O2. The maximum Gasteiger partial charge on any atom is 0.307 e. The van der Waals surface area contributed by atoms with Crippen LogP contribution in [0.3, 0.4) is 0 Å². The van der Waals surface area contributed by atoms with Crippen molar-refractivity contribution in [2.75, 3.05) is 0 Å². The van der Waals surface area contributed by atoms with E-state index in [1.165, 1.54) is 13.0 Å². The summed E-state index contributed by atoms with van der Waals surface area (Å²) in [6, 6.07) is 7.55. The summed E-state index contributed by atoms with van der Waals surface area (Å²) in [6.45, 7) is 9.58. The molecule has 0 amide bonds. The second kappa shape index (κ2) is 15.3. The molecule has 0 radical (unpaired) electrons. The lowest BCUT2D eigenvalue weighted by molar-refractivity contribution is -0.135. The molecule has 0 atom stereocenters. The standard InChI is InChI=1S/C8H9N.C4H6O2.C3H3N/c1-2-5-8-6-3-4-7-9-8;1-3-6-4(2)5;1-2-3-4/h2-7H,1H3;3H,1H2,2H3;2H,1H2. The molecule has 0 fully saturated rings. The topological polar surface area (TPSA) is 63.0 Å². The smallest absolute Gasteiger partial charge is 0.307 e. The molecule has 19 heavy (non-hydrogen) atoms. The Morgan fingerprint density at radius 3 is 2.37 bits per heavy atom. The highest BCUT2D eigenvalue weighted by Crippen LogP contribution is 1.94. The van der Waals surface area contributed by atoms with Crippen LogP contribution >= 0.6 is 0 Å². The third-order valence-corrected chi connectivity index (χ3v) is 1.37. The number of aromatic nitrogens is 1. The summed E-state index contributed by atoms with van der Waals surface area (Å²) >= 11 is 0. The van der Waals surface area contributed by atoms with Gasteiger partial charge < -0.3 is 4.74 Å². The summed E-state index contributed by atoms with van der Waals surface area (Å²) in [6.07, 6.45) is 8.01. The number of nitriles is 1. The molecule has 1 aromatic rings. The van der Waals surface area contributed by atoms with Gasteiger partial charge in [-0.25, -0.2) is 0 Å². The van der Waals surface area contributed by atoms with Crippen molar-refractivity contribution in [3.63, 3.8) is 0 Å². The minimum absolute atomic E-state index is 0.329. The highest BCUT2D eigenvalue weighted by molar-refractivity contribution is 5.66. The Bertz CT molecular complexity index is 431. The monoisotopic (exact) mass is 258 g/mol. The van der Waals surface area contributed by atoms with E-state index in [2.05, 4.69) is 22.9 Å². The second-order valence-corrected chi connectivity index (χ2v) is 2.86. The number of nitrogens with zero attached hydrogens (tertiary/aromatic N) is 2. The Balaban J connectivity index is 0. The van der Waals surface area contributed by atoms with Crippen molar-refractivity contribution in [3.8, 4) is 6.07 Å². The zero-order valence-electron chi connectivity index (χ0n) is 11.2. The summed E-state index contributed by atoms with van der Waals surface area (Å²) in [7, 11) is 0. The predicted octanol–water partition coefficient (Wildman–Crippen LogP) is 3.50. The van der Waals surface area contributed by atoms with Crippen molar-refractivity contribution in [2.24, 2.45) is 0 Å². The largest absolute Gasteiger partial charge is 0.435 e. The fourth-order valence-corrected chi connectivity index (χ4v) is 0.763. The van der Waals surface area contributed by atoms with E-state index in [1.54, 1.807) is 12.3 Å². The fraction of sp³-hybridized carbons (Fsp3) is 0.133. The molecule has 0 aliphatic rings. The van der Waals surface area contributed by atoms with Crippen LogP contribution in [0.15, 0.2) is 56.0 Å². The highest BCUT2D eigenvalue weighted by Gasteiger charge is 1.79. The van der Waals surface area contributed by atoms with Gasteiger partial charge in [0.2, 0.25) is 0 Å². The van der Waals surface area contributed by atoms with Gasteiger partial charge in [0.1, 0.15) is 0 Å². The average molecular weight is 258 g/mol. The van der Waals surface area contributed by atoms with Crippen LogP contribution in [0, 0.1) is 11.3 Å². The Morgan fingerprint density at radius 2 is 2.11 bits per heavy atom. The first-order chi connectivity index (χ1) is 9.12. The van der Waals surface area contributed by atoms with Crippen LogP contribution in [0.4, 0.5) is 0 Å². The van der Waals surface area contributed by atoms with Crippen LogP contribution in [0.2, 0.25) is 0 Å². The van der Waals surface area contributed by atoms with E-state index in [0.29, 0.717) is 0 Å². The SMILES string of the molecule is C=CC#N.C=COC(C)=O.CC=Cc1ccccn1. The molecule has 1 rings (SSSR count). The molecule has 0 aliphatic carbocycles. The van der Waals surface area contributed by atoms with Crippen molar-refractivity contribution >= 4 is 12.0 Å². The van der Waals surface area contributed by atoms with Crippen LogP contribution in [0.5, 0.6) is 0 Å². The molecule has 0 bridgehead atoms. The number of carbonyl (C=O) groups is 1. The molecule has 4 nitrogen and oxygen atoms in total. The molecule has 0 aromatic carbocycles. The highest BCUT2D eigenvalue weighted by atomic mass is 16.5. The van der Waals surface area contributed by atoms with Gasteiger partial charge in [0, 0.05) is 19.2 Å². The van der Waals surface area contributed by atoms with Gasteiger partial charge in [-0.2, -0.15) is 5.26 Å². The minimum Gasteiger partial charge on any atom is -0.435 e. The van der Waals surface area contributed by atoms with Gasteiger partial charge in [0.15, 0.2) is 0 Å². The van der Waals surface area contributed by atoms with Crippen LogP contribution in [0.1, 0.15) is 19.5 Å². The molecule has 1 aromatic heterocycles. The number of esters is 1. The number of hydrogen-bond acceptors (Lipinski definition) is 4. The summed E-state index contributed by atoms with van der Waals surface area (Å²) in [5, 5.41) is 7.51. The van der Waals surface area contributed by atoms with Gasteiger partial charge in [-0.1, -0.05) is 25.3 Å². The third kappa shape index (κ3) is 17.9. The predicted molar refractivity (Wildman–Crippen MR) is 76.7 cm³/mol. The molecule has 4 heteroatoms. The summed E-state index contributed by atoms with van der Waals surface area (Å²) in [5.41, 5.74) is 1.01. The Labute approximate surface area is 114 Å². The Kier molecular flexibility index (Phi) is 15.1. The molecule has 1 heterocycles. The lowest BCUT2D eigenvalue weighted by Crippen LogP contribution is -1.87. The molecule has 0 aliphatic heterocycles. The first-order valence-electron chi connectivity index (χ1n) is 5.44. The van der Waals surface area contributed by atoms with Crippen LogP contribution in [0.25, 0.3) is 6.08 Å². The maximum absolute atomic E-state index is 9.75. The maximum atomic E-state index is 9.75. The van der Waals surface area contributed by atoms with Crippen molar-refractivity contribution in [1.29, 1.82) is 5.26 Å². The number of rotatable bonds is 2. The summed E-state index contributed by atoms with van der Waals surface area (Å²) in [5.74, 6) is -0.329. The lowest BCUT2D eigenvalue weighted by Gasteiger charge is -1.86. The van der Waals surface area contributed by atoms with Gasteiger partial charge >= 0.3 is 5.97 Å². The third-order valence-electron chi connectivity index (χ3n) is 1.37. The van der Waals surface area contributed by atoms with Gasteiger partial charge in [-0.15, -0.1) is 0 Å². The second-order valence-electron chi connectivity index (χ2n) is 2.86. The van der Waals surface area contributed by atoms with Crippen LogP contribution in [-0.4, -0.2) is 11.0 Å². The molecular weight excluding hydrogens is 240 g/mol. The number of hydrogen-bond donors (Lipinski definition) is 0. The quantitative estimate of drug-likeness (QED) is 0.462. The van der Waals surface area contributed by atoms with Gasteiger partial charge in [0.25, 0.3) is 0 Å². The minimum atomic E-state index is -0.329. The zero-order chi connectivity index (χ0) is 14.9. The van der Waals surface area contributed by atoms with Crippen molar-refractivity contribution in [1.82, 2.24) is 4.98 Å². The van der Waals surface area contributed by atoms with Crippen LogP contribution < -0.4 is 0 Å². The Morgan fingerprint density at radius 1 is 1.47 bits per heavy atom. The van der Waals surface area contributed by atoms with Crippen molar-refractivity contribution < 1.29 is 9.53 Å².